The van der Waals surface area contributed by atoms with Crippen LogP contribution in [0.15, 0.2) is 24.3 Å². The SMILES string of the molecule is CC1N(O)C(C)(C)C(c2ccc(F)cc2)=[N+]1[O-]. The summed E-state index contributed by atoms with van der Waals surface area (Å²) in [6.45, 7) is 5.12. The second kappa shape index (κ2) is 3.78. The van der Waals surface area contributed by atoms with Crippen molar-refractivity contribution in [3.63, 3.8) is 0 Å². The Bertz CT molecular complexity index is 468. The van der Waals surface area contributed by atoms with Gasteiger partial charge in [-0.15, -0.1) is 5.06 Å². The Balaban J connectivity index is 2.53. The Morgan fingerprint density at radius 2 is 1.88 bits per heavy atom. The molecule has 0 spiro atoms. The molecule has 0 saturated carbocycles. The number of nitrogens with zero attached hydrogens (tertiary/aromatic N) is 2. The molecule has 1 aliphatic heterocycles. The summed E-state index contributed by atoms with van der Waals surface area (Å²) in [5, 5.41) is 22.9. The summed E-state index contributed by atoms with van der Waals surface area (Å²) in [7, 11) is 0. The monoisotopic (exact) mass is 238 g/mol. The molecule has 0 aliphatic carbocycles. The maximum atomic E-state index is 12.9. The first kappa shape index (κ1) is 12.0. The fourth-order valence-electron chi connectivity index (χ4n) is 2.22. The molecule has 0 bridgehead atoms. The van der Waals surface area contributed by atoms with Gasteiger partial charge in [-0.2, -0.15) is 4.74 Å². The standard InChI is InChI=1S/C12H15FN2O2/c1-8-14(16)11(12(2,3)15(8)17)9-4-6-10(13)7-5-9/h4-8,17H,1-3H3. The largest absolute Gasteiger partial charge is 0.622 e. The molecule has 1 aromatic rings. The zero-order valence-electron chi connectivity index (χ0n) is 10.0. The van der Waals surface area contributed by atoms with Crippen LogP contribution in [-0.4, -0.2) is 32.4 Å². The Labute approximate surface area is 99.1 Å². The van der Waals surface area contributed by atoms with Crippen molar-refractivity contribution >= 4 is 5.71 Å². The molecule has 0 fully saturated rings. The van der Waals surface area contributed by atoms with Gasteiger partial charge in [-0.1, -0.05) is 0 Å². The first-order valence-electron chi connectivity index (χ1n) is 5.43. The lowest BCUT2D eigenvalue weighted by molar-refractivity contribution is -0.531. The molecule has 1 unspecified atom stereocenters. The van der Waals surface area contributed by atoms with Gasteiger partial charge in [0.15, 0.2) is 0 Å². The number of hydrogen-bond donors (Lipinski definition) is 1. The van der Waals surface area contributed by atoms with Gasteiger partial charge in [-0.25, -0.2) is 4.39 Å². The van der Waals surface area contributed by atoms with Crippen molar-refractivity contribution in [3.05, 3.63) is 40.9 Å². The smallest absolute Gasteiger partial charge is 0.238 e. The van der Waals surface area contributed by atoms with Crippen molar-refractivity contribution in [3.8, 4) is 0 Å². The molecule has 1 aromatic carbocycles. The molecular weight excluding hydrogens is 223 g/mol. The molecule has 4 nitrogen and oxygen atoms in total. The maximum absolute atomic E-state index is 12.9. The zero-order chi connectivity index (χ0) is 12.8. The molecule has 2 rings (SSSR count). The van der Waals surface area contributed by atoms with Crippen molar-refractivity contribution in [1.82, 2.24) is 5.06 Å². The minimum Gasteiger partial charge on any atom is -0.622 e. The van der Waals surface area contributed by atoms with Crippen LogP contribution >= 0.6 is 0 Å². The highest BCUT2D eigenvalue weighted by atomic mass is 19.1. The Morgan fingerprint density at radius 1 is 1.35 bits per heavy atom. The highest BCUT2D eigenvalue weighted by molar-refractivity contribution is 6.04. The van der Waals surface area contributed by atoms with E-state index in [1.807, 2.05) is 0 Å². The van der Waals surface area contributed by atoms with E-state index in [1.54, 1.807) is 32.9 Å². The second-order valence-corrected chi connectivity index (χ2v) is 4.72. The number of halogens is 1. The van der Waals surface area contributed by atoms with E-state index in [1.165, 1.54) is 12.1 Å². The van der Waals surface area contributed by atoms with Gasteiger partial charge in [0.25, 0.3) is 0 Å². The lowest BCUT2D eigenvalue weighted by Crippen LogP contribution is -2.45. The van der Waals surface area contributed by atoms with Crippen LogP contribution in [-0.2, 0) is 0 Å². The fraction of sp³-hybridized carbons (Fsp3) is 0.417. The van der Waals surface area contributed by atoms with Gasteiger partial charge in [0.2, 0.25) is 11.9 Å². The second-order valence-electron chi connectivity index (χ2n) is 4.72. The van der Waals surface area contributed by atoms with Gasteiger partial charge in [-0.05, 0) is 38.1 Å². The Morgan fingerprint density at radius 3 is 2.29 bits per heavy atom. The van der Waals surface area contributed by atoms with Crippen LogP contribution in [0.3, 0.4) is 0 Å². The van der Waals surface area contributed by atoms with Crippen LogP contribution in [0.1, 0.15) is 26.3 Å². The van der Waals surface area contributed by atoms with Crippen LogP contribution < -0.4 is 0 Å². The van der Waals surface area contributed by atoms with E-state index < -0.39 is 11.7 Å². The Kier molecular flexibility index (Phi) is 2.67. The lowest BCUT2D eigenvalue weighted by Gasteiger charge is -2.23. The van der Waals surface area contributed by atoms with Gasteiger partial charge in [0, 0.05) is 12.5 Å². The maximum Gasteiger partial charge on any atom is 0.238 e. The van der Waals surface area contributed by atoms with Gasteiger partial charge >= 0.3 is 0 Å². The molecule has 0 radical (unpaired) electrons. The Hall–Kier alpha value is -1.46. The van der Waals surface area contributed by atoms with Gasteiger partial charge in [-0.3, -0.25) is 0 Å². The molecule has 1 heterocycles. The van der Waals surface area contributed by atoms with E-state index in [-0.39, 0.29) is 5.82 Å². The van der Waals surface area contributed by atoms with Crippen LogP contribution in [0.4, 0.5) is 4.39 Å². The third-order valence-corrected chi connectivity index (χ3v) is 3.18. The predicted molar refractivity (Wildman–Crippen MR) is 61.3 cm³/mol. The average Bonchev–Trinajstić information content (AvgIpc) is 2.42. The van der Waals surface area contributed by atoms with E-state index >= 15 is 0 Å². The average molecular weight is 238 g/mol. The van der Waals surface area contributed by atoms with Crippen molar-refractivity contribution in [2.75, 3.05) is 0 Å². The summed E-state index contributed by atoms with van der Waals surface area (Å²) < 4.78 is 13.6. The molecular formula is C12H15FN2O2. The highest BCUT2D eigenvalue weighted by Gasteiger charge is 2.50. The topological polar surface area (TPSA) is 49.5 Å². The summed E-state index contributed by atoms with van der Waals surface area (Å²) in [5.74, 6) is -0.350. The van der Waals surface area contributed by atoms with Gasteiger partial charge in [0.05, 0.1) is 0 Å². The van der Waals surface area contributed by atoms with Crippen molar-refractivity contribution in [2.24, 2.45) is 0 Å². The number of hydrogen-bond acceptors (Lipinski definition) is 3. The number of rotatable bonds is 1. The van der Waals surface area contributed by atoms with Gasteiger partial charge < -0.3 is 10.4 Å². The third-order valence-electron chi connectivity index (χ3n) is 3.18. The van der Waals surface area contributed by atoms with Crippen LogP contribution in [0, 0.1) is 11.0 Å². The van der Waals surface area contributed by atoms with E-state index in [0.29, 0.717) is 11.3 Å². The summed E-state index contributed by atoms with van der Waals surface area (Å²) in [5.41, 5.74) is 0.265. The van der Waals surface area contributed by atoms with Crippen molar-refractivity contribution < 1.29 is 14.3 Å². The molecule has 0 saturated heterocycles. The normalized spacial score (nSPS) is 24.4. The summed E-state index contributed by atoms with van der Waals surface area (Å²) in [6, 6.07) is 5.69. The summed E-state index contributed by atoms with van der Waals surface area (Å²) in [6.07, 6.45) is -0.648. The molecule has 0 aromatic heterocycles. The van der Waals surface area contributed by atoms with E-state index in [4.69, 9.17) is 0 Å². The molecule has 1 atom stereocenters. The van der Waals surface area contributed by atoms with E-state index in [9.17, 15) is 14.8 Å². The quantitative estimate of drug-likeness (QED) is 0.601. The van der Waals surface area contributed by atoms with E-state index in [2.05, 4.69) is 0 Å². The first-order valence-corrected chi connectivity index (χ1v) is 5.43. The molecule has 1 N–H and O–H groups in total. The molecule has 92 valence electrons. The van der Waals surface area contributed by atoms with Crippen LogP contribution in [0.5, 0.6) is 0 Å². The van der Waals surface area contributed by atoms with Crippen molar-refractivity contribution in [2.45, 2.75) is 32.5 Å². The summed E-state index contributed by atoms with van der Waals surface area (Å²) >= 11 is 0. The minimum atomic E-state index is -0.793. The molecule has 17 heavy (non-hydrogen) atoms. The lowest BCUT2D eigenvalue weighted by atomic mass is 9.93. The zero-order valence-corrected chi connectivity index (χ0v) is 10.0. The van der Waals surface area contributed by atoms with Gasteiger partial charge in [0.1, 0.15) is 11.4 Å². The fourth-order valence-corrected chi connectivity index (χ4v) is 2.22. The predicted octanol–water partition coefficient (Wildman–Crippen LogP) is 1.95. The van der Waals surface area contributed by atoms with E-state index in [0.717, 1.165) is 9.80 Å². The first-order chi connectivity index (χ1) is 7.85. The van der Waals surface area contributed by atoms with Crippen LogP contribution in [0.25, 0.3) is 0 Å². The molecule has 1 aliphatic rings. The number of benzene rings is 1. The number of hydroxylamine groups is 3. The molecule has 0 amide bonds. The van der Waals surface area contributed by atoms with Crippen molar-refractivity contribution in [1.29, 1.82) is 0 Å². The van der Waals surface area contributed by atoms with Crippen LogP contribution in [0.2, 0.25) is 0 Å². The highest BCUT2D eigenvalue weighted by Crippen LogP contribution is 2.28. The minimum absolute atomic E-state index is 0.350. The summed E-state index contributed by atoms with van der Waals surface area (Å²) in [4.78, 5) is 0. The molecule has 5 heteroatoms. The third kappa shape index (κ3) is 1.71.